The fourth-order valence-corrected chi connectivity index (χ4v) is 4.27. The van der Waals surface area contributed by atoms with Gasteiger partial charge < -0.3 is 16.4 Å². The lowest BCUT2D eigenvalue weighted by molar-refractivity contribution is -0.132. The molecule has 0 aliphatic carbocycles. The summed E-state index contributed by atoms with van der Waals surface area (Å²) in [4.78, 5) is 29.0. The summed E-state index contributed by atoms with van der Waals surface area (Å²) >= 11 is 0. The Morgan fingerprint density at radius 3 is 1.89 bits per heavy atom. The molecule has 0 fully saturated rings. The van der Waals surface area contributed by atoms with Gasteiger partial charge in [0.25, 0.3) is 0 Å². The zero-order valence-electron chi connectivity index (χ0n) is 24.3. The third kappa shape index (κ3) is 10.2. The molecule has 0 aliphatic heterocycles. The third-order valence-electron chi connectivity index (χ3n) is 6.33. The van der Waals surface area contributed by atoms with Gasteiger partial charge in [-0.25, -0.2) is 0 Å². The van der Waals surface area contributed by atoms with Crippen molar-refractivity contribution in [1.82, 2.24) is 15.5 Å². The Morgan fingerprint density at radius 1 is 0.865 bits per heavy atom. The number of nitrogen functional groups attached to an aromatic ring is 1. The molecule has 2 aromatic carbocycles. The van der Waals surface area contributed by atoms with Gasteiger partial charge in [0, 0.05) is 24.2 Å². The first-order valence-corrected chi connectivity index (χ1v) is 13.3. The standard InChI is InChI=1S/C31H48N4O2/c1-21(2)18-27(35(9)20-23-10-14-24(15-11-23)30(3,4)5)29(37)33-26(28(36)34-31(6,7)8)19-22-12-16-25(32)17-13-22/h10-17,21,26-27H,18-20,32H2,1-9H3,(H,33,37)(H,34,36)/t26-,27-/m0/s1. The highest BCUT2D eigenvalue weighted by Crippen LogP contribution is 2.23. The van der Waals surface area contributed by atoms with Crippen LogP contribution in [0.1, 0.15) is 78.5 Å². The Morgan fingerprint density at radius 2 is 1.41 bits per heavy atom. The number of anilines is 1. The van der Waals surface area contributed by atoms with Gasteiger partial charge >= 0.3 is 0 Å². The quantitative estimate of drug-likeness (QED) is 0.392. The molecule has 0 heterocycles. The van der Waals surface area contributed by atoms with Crippen molar-refractivity contribution < 1.29 is 9.59 Å². The van der Waals surface area contributed by atoms with Gasteiger partial charge in [-0.15, -0.1) is 0 Å². The highest BCUT2D eigenvalue weighted by Gasteiger charge is 2.30. The lowest BCUT2D eigenvalue weighted by atomic mass is 9.86. The largest absolute Gasteiger partial charge is 0.399 e. The summed E-state index contributed by atoms with van der Waals surface area (Å²) in [5.41, 5.74) is 9.57. The molecule has 0 spiro atoms. The van der Waals surface area contributed by atoms with Gasteiger partial charge in [-0.1, -0.05) is 71.0 Å². The van der Waals surface area contributed by atoms with Crippen molar-refractivity contribution in [3.05, 3.63) is 65.2 Å². The van der Waals surface area contributed by atoms with Gasteiger partial charge in [0.15, 0.2) is 0 Å². The number of carbonyl (C=O) groups excluding carboxylic acids is 2. The summed E-state index contributed by atoms with van der Waals surface area (Å²) in [6, 6.07) is 15.0. The molecule has 2 aromatic rings. The fraction of sp³-hybridized carbons (Fsp3) is 0.548. The number of benzene rings is 2. The van der Waals surface area contributed by atoms with Crippen LogP contribution < -0.4 is 16.4 Å². The second kappa shape index (κ2) is 12.6. The first-order valence-electron chi connectivity index (χ1n) is 13.3. The Balaban J connectivity index is 2.23. The smallest absolute Gasteiger partial charge is 0.243 e. The van der Waals surface area contributed by atoms with Crippen molar-refractivity contribution in [2.45, 2.75) is 97.8 Å². The van der Waals surface area contributed by atoms with Gasteiger partial charge in [0.1, 0.15) is 6.04 Å². The van der Waals surface area contributed by atoms with Crippen molar-refractivity contribution in [3.8, 4) is 0 Å². The van der Waals surface area contributed by atoms with Crippen LogP contribution in [0.15, 0.2) is 48.5 Å². The number of nitrogens with zero attached hydrogens (tertiary/aromatic N) is 1. The van der Waals surface area contributed by atoms with E-state index in [2.05, 4.69) is 74.4 Å². The van der Waals surface area contributed by atoms with Crippen molar-refractivity contribution in [1.29, 1.82) is 0 Å². The van der Waals surface area contributed by atoms with Crippen LogP contribution in [-0.2, 0) is 28.0 Å². The first kappa shape index (κ1) is 30.4. The molecule has 0 bridgehead atoms. The Labute approximate surface area is 224 Å². The van der Waals surface area contributed by atoms with Crippen molar-refractivity contribution in [3.63, 3.8) is 0 Å². The molecule has 2 atom stereocenters. The van der Waals surface area contributed by atoms with E-state index in [1.165, 1.54) is 5.56 Å². The van der Waals surface area contributed by atoms with E-state index in [4.69, 9.17) is 5.73 Å². The first-order chi connectivity index (χ1) is 17.0. The number of hydrogen-bond acceptors (Lipinski definition) is 4. The van der Waals surface area contributed by atoms with E-state index in [1.54, 1.807) is 0 Å². The summed E-state index contributed by atoms with van der Waals surface area (Å²) in [5, 5.41) is 6.11. The molecule has 0 aromatic heterocycles. The van der Waals surface area contributed by atoms with Crippen LogP contribution in [0.5, 0.6) is 0 Å². The summed E-state index contributed by atoms with van der Waals surface area (Å²) in [6.07, 6.45) is 1.08. The van der Waals surface area contributed by atoms with Gasteiger partial charge in [-0.05, 0) is 74.4 Å². The molecular formula is C31H48N4O2. The van der Waals surface area contributed by atoms with Crippen LogP contribution in [-0.4, -0.2) is 41.4 Å². The zero-order valence-corrected chi connectivity index (χ0v) is 24.3. The van der Waals surface area contributed by atoms with E-state index in [0.717, 1.165) is 11.1 Å². The maximum absolute atomic E-state index is 13.7. The highest BCUT2D eigenvalue weighted by atomic mass is 16.2. The zero-order chi connectivity index (χ0) is 28.0. The summed E-state index contributed by atoms with van der Waals surface area (Å²) < 4.78 is 0. The number of carbonyl (C=O) groups is 2. The van der Waals surface area contributed by atoms with Crippen LogP contribution in [0.25, 0.3) is 0 Å². The molecule has 6 nitrogen and oxygen atoms in total. The molecule has 0 saturated carbocycles. The summed E-state index contributed by atoms with van der Waals surface area (Å²) in [6.45, 7) is 17.3. The SMILES string of the molecule is CC(C)C[C@@H](C(=O)N[C@@H](Cc1ccc(N)cc1)C(=O)NC(C)(C)C)N(C)Cc1ccc(C(C)(C)C)cc1. The number of hydrogen-bond donors (Lipinski definition) is 3. The molecule has 2 rings (SSSR count). The van der Waals surface area contributed by atoms with Gasteiger partial charge in [-0.3, -0.25) is 14.5 Å². The molecular weight excluding hydrogens is 460 g/mol. The number of nitrogens with one attached hydrogen (secondary N) is 2. The van der Waals surface area contributed by atoms with Crippen LogP contribution in [0.4, 0.5) is 5.69 Å². The highest BCUT2D eigenvalue weighted by molar-refractivity contribution is 5.90. The van der Waals surface area contributed by atoms with Gasteiger partial charge in [0.2, 0.25) is 11.8 Å². The monoisotopic (exact) mass is 508 g/mol. The average molecular weight is 509 g/mol. The van der Waals surface area contributed by atoms with Gasteiger partial charge in [-0.2, -0.15) is 0 Å². The number of rotatable bonds is 10. The second-order valence-electron chi connectivity index (χ2n) is 12.8. The van der Waals surface area contributed by atoms with Crippen LogP contribution in [0, 0.1) is 5.92 Å². The van der Waals surface area contributed by atoms with E-state index < -0.39 is 11.6 Å². The molecule has 0 aliphatic rings. The third-order valence-corrected chi connectivity index (χ3v) is 6.33. The second-order valence-corrected chi connectivity index (χ2v) is 12.8. The van der Waals surface area contributed by atoms with E-state index in [-0.39, 0.29) is 23.3 Å². The van der Waals surface area contributed by atoms with E-state index in [9.17, 15) is 9.59 Å². The lowest BCUT2D eigenvalue weighted by Crippen LogP contribution is -2.56. The lowest BCUT2D eigenvalue weighted by Gasteiger charge is -2.31. The Hall–Kier alpha value is -2.86. The summed E-state index contributed by atoms with van der Waals surface area (Å²) in [7, 11) is 1.98. The van der Waals surface area contributed by atoms with Crippen LogP contribution in [0.3, 0.4) is 0 Å². The minimum absolute atomic E-state index is 0.0949. The molecule has 0 saturated heterocycles. The number of amides is 2. The maximum Gasteiger partial charge on any atom is 0.243 e. The molecule has 4 N–H and O–H groups in total. The Kier molecular flexibility index (Phi) is 10.3. The predicted molar refractivity (Wildman–Crippen MR) is 154 cm³/mol. The van der Waals surface area contributed by atoms with Gasteiger partial charge in [0.05, 0.1) is 6.04 Å². The molecule has 0 unspecified atom stereocenters. The van der Waals surface area contributed by atoms with E-state index >= 15 is 0 Å². The number of likely N-dealkylation sites (N-methyl/N-ethyl adjacent to an activating group) is 1. The Bertz CT molecular complexity index is 1020. The van der Waals surface area contributed by atoms with Crippen molar-refractivity contribution in [2.75, 3.05) is 12.8 Å². The molecule has 204 valence electrons. The molecule has 2 amide bonds. The molecule has 37 heavy (non-hydrogen) atoms. The van der Waals surface area contributed by atoms with E-state index in [0.29, 0.717) is 31.0 Å². The van der Waals surface area contributed by atoms with E-state index in [1.807, 2.05) is 52.1 Å². The van der Waals surface area contributed by atoms with Crippen molar-refractivity contribution >= 4 is 17.5 Å². The average Bonchev–Trinajstić information content (AvgIpc) is 2.76. The van der Waals surface area contributed by atoms with Crippen molar-refractivity contribution in [2.24, 2.45) is 5.92 Å². The number of nitrogens with two attached hydrogens (primary N) is 1. The fourth-order valence-electron chi connectivity index (χ4n) is 4.27. The predicted octanol–water partition coefficient (Wildman–Crippen LogP) is 5.06. The van der Waals surface area contributed by atoms with Crippen LogP contribution >= 0.6 is 0 Å². The molecule has 0 radical (unpaired) electrons. The molecule has 6 heteroatoms. The topological polar surface area (TPSA) is 87.5 Å². The maximum atomic E-state index is 13.7. The van der Waals surface area contributed by atoms with Crippen LogP contribution in [0.2, 0.25) is 0 Å². The minimum atomic E-state index is -0.690. The summed E-state index contributed by atoms with van der Waals surface area (Å²) in [5.74, 6) is -0.00572. The minimum Gasteiger partial charge on any atom is -0.399 e. The normalized spacial score (nSPS) is 13.9.